The van der Waals surface area contributed by atoms with Gasteiger partial charge in [0.1, 0.15) is 5.76 Å². The van der Waals surface area contributed by atoms with E-state index in [0.717, 1.165) is 0 Å². The van der Waals surface area contributed by atoms with Crippen LogP contribution in [-0.2, 0) is 20.7 Å². The molecule has 0 atom stereocenters. The van der Waals surface area contributed by atoms with Crippen molar-refractivity contribution in [2.24, 2.45) is 4.99 Å². The predicted molar refractivity (Wildman–Crippen MR) is 90.6 cm³/mol. The van der Waals surface area contributed by atoms with Gasteiger partial charge in [-0.1, -0.05) is 30.8 Å². The average molecular weight is 392 g/mol. The zero-order valence-electron chi connectivity index (χ0n) is 12.8. The van der Waals surface area contributed by atoms with Crippen molar-refractivity contribution in [3.05, 3.63) is 65.4 Å². The molecule has 9 heteroatoms. The van der Waals surface area contributed by atoms with Gasteiger partial charge in [-0.2, -0.15) is 21.6 Å². The van der Waals surface area contributed by atoms with Gasteiger partial charge in [-0.25, -0.2) is 0 Å². The lowest BCUT2D eigenvalue weighted by Crippen LogP contribution is -2.25. The summed E-state index contributed by atoms with van der Waals surface area (Å²) in [5, 5.41) is 0.222. The standard InChI is InChI=1S/C16H13ClF3NO3S/c1-3-21-14-8-11-5-6-12(17)9-13(11)15(7-4-10(14)2)24-25(22,23)16(18,19)20/h3,5-7,9H,1-2,4,8H2/b15-7+,21-14?. The average Bonchev–Trinajstić information content (AvgIpc) is 2.50. The van der Waals surface area contributed by atoms with Crippen LogP contribution in [0.5, 0.6) is 0 Å². The molecule has 0 aromatic heterocycles. The molecule has 1 aromatic carbocycles. The summed E-state index contributed by atoms with van der Waals surface area (Å²) in [6, 6.07) is 4.44. The fraction of sp³-hybridized carbons (Fsp3) is 0.188. The lowest BCUT2D eigenvalue weighted by molar-refractivity contribution is -0.0509. The largest absolute Gasteiger partial charge is 0.534 e. The maximum atomic E-state index is 12.7. The number of allylic oxidation sites excluding steroid dienone is 2. The van der Waals surface area contributed by atoms with E-state index >= 15 is 0 Å². The molecule has 25 heavy (non-hydrogen) atoms. The monoisotopic (exact) mass is 391 g/mol. The van der Waals surface area contributed by atoms with Crippen LogP contribution < -0.4 is 0 Å². The van der Waals surface area contributed by atoms with E-state index in [1.165, 1.54) is 24.4 Å². The van der Waals surface area contributed by atoms with Crippen molar-refractivity contribution >= 4 is 33.2 Å². The Morgan fingerprint density at radius 2 is 2.00 bits per heavy atom. The summed E-state index contributed by atoms with van der Waals surface area (Å²) >= 11 is 5.90. The van der Waals surface area contributed by atoms with Crippen molar-refractivity contribution in [2.45, 2.75) is 18.3 Å². The zero-order chi connectivity index (χ0) is 18.8. The van der Waals surface area contributed by atoms with E-state index in [4.69, 9.17) is 11.6 Å². The summed E-state index contributed by atoms with van der Waals surface area (Å²) < 4.78 is 65.1. The molecule has 1 aliphatic carbocycles. The molecule has 0 aliphatic heterocycles. The van der Waals surface area contributed by atoms with Gasteiger partial charge < -0.3 is 4.18 Å². The van der Waals surface area contributed by atoms with Gasteiger partial charge in [0.2, 0.25) is 0 Å². The Kier molecular flexibility index (Phi) is 5.43. The lowest BCUT2D eigenvalue weighted by atomic mass is 9.93. The first-order chi connectivity index (χ1) is 11.5. The summed E-state index contributed by atoms with van der Waals surface area (Å²) in [5.74, 6) is -0.450. The molecule has 0 radical (unpaired) electrons. The molecule has 0 unspecified atom stereocenters. The molecule has 1 aliphatic rings. The van der Waals surface area contributed by atoms with Crippen LogP contribution in [0, 0.1) is 0 Å². The van der Waals surface area contributed by atoms with Crippen molar-refractivity contribution in [1.82, 2.24) is 0 Å². The third-order valence-electron chi connectivity index (χ3n) is 3.37. The molecule has 0 saturated heterocycles. The second kappa shape index (κ2) is 7.05. The Morgan fingerprint density at radius 1 is 1.32 bits per heavy atom. The highest BCUT2D eigenvalue weighted by Gasteiger charge is 2.49. The van der Waals surface area contributed by atoms with E-state index < -0.39 is 21.4 Å². The van der Waals surface area contributed by atoms with Crippen LogP contribution >= 0.6 is 11.6 Å². The van der Waals surface area contributed by atoms with Gasteiger partial charge in [-0.15, -0.1) is 0 Å². The first-order valence-corrected chi connectivity index (χ1v) is 8.69. The van der Waals surface area contributed by atoms with Crippen LogP contribution in [0.1, 0.15) is 17.5 Å². The van der Waals surface area contributed by atoms with Crippen molar-refractivity contribution in [3.63, 3.8) is 0 Å². The Balaban J connectivity index is 2.58. The summed E-state index contributed by atoms with van der Waals surface area (Å²) in [6.45, 7) is 7.32. The smallest absolute Gasteiger partial charge is 0.376 e. The maximum absolute atomic E-state index is 12.7. The minimum Gasteiger partial charge on any atom is -0.376 e. The van der Waals surface area contributed by atoms with Crippen molar-refractivity contribution < 1.29 is 25.8 Å². The molecule has 4 nitrogen and oxygen atoms in total. The summed E-state index contributed by atoms with van der Waals surface area (Å²) in [5.41, 5.74) is -3.82. The van der Waals surface area contributed by atoms with Gasteiger partial charge >= 0.3 is 15.6 Å². The highest BCUT2D eigenvalue weighted by molar-refractivity contribution is 7.87. The molecule has 0 amide bonds. The van der Waals surface area contributed by atoms with Crippen LogP contribution in [0.4, 0.5) is 13.2 Å². The van der Waals surface area contributed by atoms with Gasteiger partial charge in [0.25, 0.3) is 0 Å². The number of hydrogen-bond acceptors (Lipinski definition) is 4. The Bertz CT molecular complexity index is 886. The second-order valence-electron chi connectivity index (χ2n) is 5.10. The molecule has 0 N–H and O–H groups in total. The number of nitrogens with zero attached hydrogens (tertiary/aromatic N) is 1. The number of rotatable bonds is 3. The Labute approximate surface area is 148 Å². The topological polar surface area (TPSA) is 55.7 Å². The number of alkyl halides is 3. The second-order valence-corrected chi connectivity index (χ2v) is 7.07. The minimum atomic E-state index is -5.81. The zero-order valence-corrected chi connectivity index (χ0v) is 14.4. The fourth-order valence-electron chi connectivity index (χ4n) is 2.17. The lowest BCUT2D eigenvalue weighted by Gasteiger charge is -2.19. The minimum absolute atomic E-state index is 0.0569. The van der Waals surface area contributed by atoms with Gasteiger partial charge in [0.05, 0.1) is 0 Å². The maximum Gasteiger partial charge on any atom is 0.534 e. The predicted octanol–water partition coefficient (Wildman–Crippen LogP) is 4.63. The molecule has 0 heterocycles. The number of benzene rings is 1. The summed E-state index contributed by atoms with van der Waals surface area (Å²) in [4.78, 5) is 4.11. The SMILES string of the molecule is C=CN=C1Cc2ccc(Cl)cc2/C(OS(=O)(=O)C(F)(F)F)=C\CC1=C. The molecule has 1 aromatic rings. The van der Waals surface area contributed by atoms with Crippen LogP contribution in [0.2, 0.25) is 5.02 Å². The van der Waals surface area contributed by atoms with Gasteiger partial charge in [-0.3, -0.25) is 4.99 Å². The Morgan fingerprint density at radius 3 is 2.60 bits per heavy atom. The third-order valence-corrected chi connectivity index (χ3v) is 4.57. The number of fused-ring (bicyclic) bond motifs is 1. The third kappa shape index (κ3) is 4.32. The molecule has 0 saturated carbocycles. The number of halogens is 4. The quantitative estimate of drug-likeness (QED) is 0.557. The molecular weight excluding hydrogens is 379 g/mol. The Hall–Kier alpha value is -2.06. The molecule has 2 rings (SSSR count). The van der Waals surface area contributed by atoms with Gasteiger partial charge in [0, 0.05) is 28.9 Å². The van der Waals surface area contributed by atoms with E-state index in [1.54, 1.807) is 6.07 Å². The molecule has 134 valence electrons. The van der Waals surface area contributed by atoms with Gasteiger partial charge in [0.15, 0.2) is 0 Å². The number of hydrogen-bond donors (Lipinski definition) is 0. The first kappa shape index (κ1) is 19.3. The van der Waals surface area contributed by atoms with E-state index in [2.05, 4.69) is 22.3 Å². The summed E-state index contributed by atoms with van der Waals surface area (Å²) in [6.07, 6.45) is 2.80. The molecular formula is C16H13ClF3NO3S. The summed E-state index contributed by atoms with van der Waals surface area (Å²) in [7, 11) is -5.81. The van der Waals surface area contributed by atoms with E-state index in [0.29, 0.717) is 16.8 Å². The van der Waals surface area contributed by atoms with Crippen LogP contribution in [0.15, 0.2) is 54.2 Å². The van der Waals surface area contributed by atoms with Crippen LogP contribution in [0.3, 0.4) is 0 Å². The molecule has 0 bridgehead atoms. The normalized spacial score (nSPS) is 19.4. The molecule has 0 spiro atoms. The van der Waals surface area contributed by atoms with Crippen molar-refractivity contribution in [3.8, 4) is 0 Å². The molecule has 0 fully saturated rings. The van der Waals surface area contributed by atoms with E-state index in [9.17, 15) is 21.6 Å². The van der Waals surface area contributed by atoms with E-state index in [-0.39, 0.29) is 23.4 Å². The fourth-order valence-corrected chi connectivity index (χ4v) is 2.83. The van der Waals surface area contributed by atoms with Crippen LogP contribution in [-0.4, -0.2) is 19.6 Å². The highest BCUT2D eigenvalue weighted by Crippen LogP contribution is 2.34. The highest BCUT2D eigenvalue weighted by atomic mass is 35.5. The van der Waals surface area contributed by atoms with Crippen molar-refractivity contribution in [2.75, 3.05) is 0 Å². The first-order valence-electron chi connectivity index (χ1n) is 6.90. The van der Waals surface area contributed by atoms with Crippen molar-refractivity contribution in [1.29, 1.82) is 0 Å². The van der Waals surface area contributed by atoms with E-state index in [1.807, 2.05) is 0 Å². The van der Waals surface area contributed by atoms with Gasteiger partial charge in [-0.05, 0) is 35.8 Å². The number of aliphatic imine (C=N–C) groups is 1. The van der Waals surface area contributed by atoms with Crippen LogP contribution in [0.25, 0.3) is 5.76 Å².